The molecular weight excluding hydrogens is 528 g/mol. The van der Waals surface area contributed by atoms with Gasteiger partial charge in [-0.15, -0.1) is 0 Å². The molecule has 0 aliphatic heterocycles. The molecule has 0 bridgehead atoms. The first-order valence-electron chi connectivity index (χ1n) is 15.2. The fourth-order valence-corrected chi connectivity index (χ4v) is 6.73. The van der Waals surface area contributed by atoms with Crippen molar-refractivity contribution in [3.8, 4) is 55.6 Å². The Labute approximate surface area is 258 Å². The third kappa shape index (κ3) is 4.49. The molecule has 206 valence electrons. The van der Waals surface area contributed by atoms with Crippen LogP contribution in [0.4, 0.5) is 0 Å². The van der Waals surface area contributed by atoms with Crippen LogP contribution in [0.5, 0.6) is 0 Å². The van der Waals surface area contributed by atoms with E-state index in [4.69, 9.17) is 0 Å². The van der Waals surface area contributed by atoms with Crippen LogP contribution >= 0.6 is 0 Å². The molecule has 0 N–H and O–H groups in total. The van der Waals surface area contributed by atoms with E-state index in [1.807, 2.05) is 0 Å². The second-order valence-electron chi connectivity index (χ2n) is 11.2. The van der Waals surface area contributed by atoms with E-state index in [1.165, 1.54) is 77.2 Å². The number of rotatable bonds is 5. The van der Waals surface area contributed by atoms with Gasteiger partial charge in [0.25, 0.3) is 0 Å². The van der Waals surface area contributed by atoms with E-state index in [9.17, 15) is 0 Å². The zero-order valence-corrected chi connectivity index (χ0v) is 24.3. The third-order valence-electron chi connectivity index (χ3n) is 8.69. The monoisotopic (exact) mass is 558 g/mol. The SMILES string of the molecule is c1ccc(-c2ccccc2-c2ccc(-c3c4ccccc4c(-c4ccccc4)c4ccccc34)cc2-c2ccccc2)cc1. The first-order valence-corrected chi connectivity index (χ1v) is 15.2. The van der Waals surface area contributed by atoms with Gasteiger partial charge in [-0.3, -0.25) is 0 Å². The van der Waals surface area contributed by atoms with E-state index >= 15 is 0 Å². The molecule has 0 amide bonds. The van der Waals surface area contributed by atoms with E-state index in [-0.39, 0.29) is 0 Å². The van der Waals surface area contributed by atoms with Crippen molar-refractivity contribution in [3.05, 3.63) is 182 Å². The molecule has 0 heterocycles. The van der Waals surface area contributed by atoms with E-state index in [2.05, 4.69) is 182 Å². The topological polar surface area (TPSA) is 0 Å². The predicted molar refractivity (Wildman–Crippen MR) is 189 cm³/mol. The molecule has 0 saturated carbocycles. The van der Waals surface area contributed by atoms with Crippen LogP contribution < -0.4 is 0 Å². The molecular formula is C44H30. The number of hydrogen-bond acceptors (Lipinski definition) is 0. The second kappa shape index (κ2) is 11.2. The molecule has 8 aromatic carbocycles. The van der Waals surface area contributed by atoms with Crippen molar-refractivity contribution in [2.45, 2.75) is 0 Å². The minimum atomic E-state index is 1.21. The van der Waals surface area contributed by atoms with Crippen LogP contribution in [0.2, 0.25) is 0 Å². The molecule has 0 saturated heterocycles. The van der Waals surface area contributed by atoms with Gasteiger partial charge < -0.3 is 0 Å². The Kier molecular flexibility index (Phi) is 6.59. The molecule has 0 nitrogen and oxygen atoms in total. The van der Waals surface area contributed by atoms with Gasteiger partial charge in [0.2, 0.25) is 0 Å². The summed E-state index contributed by atoms with van der Waals surface area (Å²) < 4.78 is 0. The maximum atomic E-state index is 2.41. The molecule has 0 radical (unpaired) electrons. The van der Waals surface area contributed by atoms with Crippen LogP contribution in [0.25, 0.3) is 77.2 Å². The van der Waals surface area contributed by atoms with E-state index in [1.54, 1.807) is 0 Å². The van der Waals surface area contributed by atoms with Crippen molar-refractivity contribution in [2.24, 2.45) is 0 Å². The molecule has 0 spiro atoms. The summed E-state index contributed by atoms with van der Waals surface area (Å²) in [6.07, 6.45) is 0. The summed E-state index contributed by atoms with van der Waals surface area (Å²) in [6, 6.07) is 65.9. The molecule has 0 atom stereocenters. The molecule has 0 aliphatic carbocycles. The van der Waals surface area contributed by atoms with Crippen LogP contribution in [0, 0.1) is 0 Å². The fourth-order valence-electron chi connectivity index (χ4n) is 6.73. The van der Waals surface area contributed by atoms with Gasteiger partial charge in [0.15, 0.2) is 0 Å². The fraction of sp³-hybridized carbons (Fsp3) is 0. The van der Waals surface area contributed by atoms with Crippen molar-refractivity contribution in [2.75, 3.05) is 0 Å². The normalized spacial score (nSPS) is 11.2. The molecule has 0 fully saturated rings. The smallest absolute Gasteiger partial charge is 0.00261 e. The van der Waals surface area contributed by atoms with Crippen LogP contribution in [-0.2, 0) is 0 Å². The highest BCUT2D eigenvalue weighted by molar-refractivity contribution is 6.21. The highest BCUT2D eigenvalue weighted by Crippen LogP contribution is 2.46. The standard InChI is InChI=1S/C44H30/c1-4-16-31(17-5-1)35-22-10-11-23-36(35)37-29-28-34(30-42(37)32-18-6-2-7-19-32)44-40-26-14-12-24-38(40)43(33-20-8-3-9-21-33)39-25-13-15-27-41(39)44/h1-30H. The van der Waals surface area contributed by atoms with Gasteiger partial charge in [-0.25, -0.2) is 0 Å². The number of hydrogen-bond donors (Lipinski definition) is 0. The average Bonchev–Trinajstić information content (AvgIpc) is 3.11. The van der Waals surface area contributed by atoms with Crippen molar-refractivity contribution >= 4 is 21.5 Å². The predicted octanol–water partition coefficient (Wildman–Crippen LogP) is 12.3. The quantitative estimate of drug-likeness (QED) is 0.184. The van der Waals surface area contributed by atoms with Crippen LogP contribution in [0.1, 0.15) is 0 Å². The lowest BCUT2D eigenvalue weighted by Crippen LogP contribution is -1.93. The summed E-state index contributed by atoms with van der Waals surface area (Å²) in [6.45, 7) is 0. The van der Waals surface area contributed by atoms with Gasteiger partial charge in [-0.1, -0.05) is 176 Å². The van der Waals surface area contributed by atoms with Gasteiger partial charge in [0, 0.05) is 0 Å². The van der Waals surface area contributed by atoms with Gasteiger partial charge in [-0.2, -0.15) is 0 Å². The summed E-state index contributed by atoms with van der Waals surface area (Å²) >= 11 is 0. The number of fused-ring (bicyclic) bond motifs is 2. The molecule has 0 aromatic heterocycles. The van der Waals surface area contributed by atoms with Crippen LogP contribution in [0.3, 0.4) is 0 Å². The molecule has 8 aromatic rings. The first-order chi connectivity index (χ1) is 21.9. The van der Waals surface area contributed by atoms with Gasteiger partial charge >= 0.3 is 0 Å². The van der Waals surface area contributed by atoms with E-state index < -0.39 is 0 Å². The summed E-state index contributed by atoms with van der Waals surface area (Å²) in [5, 5.41) is 5.07. The lowest BCUT2D eigenvalue weighted by Gasteiger charge is -2.20. The first kappa shape index (κ1) is 25.9. The summed E-state index contributed by atoms with van der Waals surface area (Å²) in [7, 11) is 0. The molecule has 8 rings (SSSR count). The van der Waals surface area contributed by atoms with Crippen molar-refractivity contribution in [1.82, 2.24) is 0 Å². The Hall–Kier alpha value is -5.72. The van der Waals surface area contributed by atoms with Crippen molar-refractivity contribution < 1.29 is 0 Å². The van der Waals surface area contributed by atoms with E-state index in [0.29, 0.717) is 0 Å². The summed E-state index contributed by atoms with van der Waals surface area (Å²) in [5.41, 5.74) is 12.4. The molecule has 0 aliphatic rings. The number of benzene rings is 8. The average molecular weight is 559 g/mol. The Morgan fingerprint density at radius 1 is 0.205 bits per heavy atom. The van der Waals surface area contributed by atoms with Gasteiger partial charge in [0.05, 0.1) is 0 Å². The summed E-state index contributed by atoms with van der Waals surface area (Å²) in [5.74, 6) is 0. The highest BCUT2D eigenvalue weighted by Gasteiger charge is 2.19. The Balaban J connectivity index is 1.43. The van der Waals surface area contributed by atoms with Crippen molar-refractivity contribution in [1.29, 1.82) is 0 Å². The Morgan fingerprint density at radius 3 is 1.09 bits per heavy atom. The zero-order chi connectivity index (χ0) is 29.3. The lowest BCUT2D eigenvalue weighted by molar-refractivity contribution is 1.56. The Morgan fingerprint density at radius 2 is 0.568 bits per heavy atom. The summed E-state index contributed by atoms with van der Waals surface area (Å²) in [4.78, 5) is 0. The maximum Gasteiger partial charge on any atom is -0.00261 e. The zero-order valence-electron chi connectivity index (χ0n) is 24.3. The Bertz CT molecular complexity index is 2190. The second-order valence-corrected chi connectivity index (χ2v) is 11.2. The largest absolute Gasteiger partial charge is 0.0622 e. The van der Waals surface area contributed by atoms with Crippen LogP contribution in [0.15, 0.2) is 182 Å². The minimum Gasteiger partial charge on any atom is -0.0622 e. The van der Waals surface area contributed by atoms with E-state index in [0.717, 1.165) is 0 Å². The molecule has 0 unspecified atom stereocenters. The molecule has 44 heavy (non-hydrogen) atoms. The minimum absolute atomic E-state index is 1.21. The lowest BCUT2D eigenvalue weighted by atomic mass is 9.83. The highest BCUT2D eigenvalue weighted by atomic mass is 14.2. The molecule has 0 heteroatoms. The van der Waals surface area contributed by atoms with Crippen molar-refractivity contribution in [3.63, 3.8) is 0 Å². The van der Waals surface area contributed by atoms with Gasteiger partial charge in [-0.05, 0) is 83.2 Å². The maximum absolute atomic E-state index is 2.41. The third-order valence-corrected chi connectivity index (χ3v) is 8.69. The van der Waals surface area contributed by atoms with Gasteiger partial charge in [0.1, 0.15) is 0 Å². The van der Waals surface area contributed by atoms with Crippen LogP contribution in [-0.4, -0.2) is 0 Å².